The van der Waals surface area contributed by atoms with E-state index in [2.05, 4.69) is 20.3 Å². The molecule has 0 bridgehead atoms. The molecule has 4 heterocycles. The van der Waals surface area contributed by atoms with Crippen molar-refractivity contribution in [3.8, 4) is 11.3 Å². The van der Waals surface area contributed by atoms with Crippen molar-refractivity contribution in [1.29, 1.82) is 0 Å². The van der Waals surface area contributed by atoms with Gasteiger partial charge >= 0.3 is 12.4 Å². The van der Waals surface area contributed by atoms with E-state index in [-0.39, 0.29) is 22.2 Å². The quantitative estimate of drug-likeness (QED) is 0.283. The standard InChI is InChI=1S/C26H19F8N5O4S/c1-24(28)7-19(39(12-24)44(41,42)21-6-13-4-16(27)2-3-20(13)43-21)22(40)36-8-14-5-18(35-11-17(14)25(29,30)31)15-9-37-23(38-10-15)26(32,33)34/h2-6,9-11,19H,7-8,12H2,1H3,(H,36,40)/t19-,24+/m0/s1. The third-order valence-electron chi connectivity index (χ3n) is 6.72. The van der Waals surface area contributed by atoms with Crippen molar-refractivity contribution in [2.24, 2.45) is 0 Å². The van der Waals surface area contributed by atoms with E-state index in [0.717, 1.165) is 31.2 Å². The van der Waals surface area contributed by atoms with Crippen molar-refractivity contribution in [2.45, 2.75) is 49.0 Å². The number of amides is 1. The molecule has 9 nitrogen and oxygen atoms in total. The summed E-state index contributed by atoms with van der Waals surface area (Å²) in [5.74, 6) is -3.30. The number of carbonyl (C=O) groups excluding carboxylic acids is 1. The van der Waals surface area contributed by atoms with Crippen molar-refractivity contribution < 1.29 is 52.8 Å². The molecule has 0 spiro atoms. The number of fused-ring (bicyclic) bond motifs is 1. The van der Waals surface area contributed by atoms with Gasteiger partial charge in [0.1, 0.15) is 23.1 Å². The Kier molecular flexibility index (Phi) is 7.64. The topological polar surface area (TPSA) is 118 Å². The van der Waals surface area contributed by atoms with Gasteiger partial charge in [-0.2, -0.15) is 30.6 Å². The number of alkyl halides is 7. The van der Waals surface area contributed by atoms with Gasteiger partial charge in [-0.1, -0.05) is 0 Å². The molecule has 1 N–H and O–H groups in total. The summed E-state index contributed by atoms with van der Waals surface area (Å²) in [4.78, 5) is 23.1. The molecule has 2 atom stereocenters. The Balaban J connectivity index is 1.42. The van der Waals surface area contributed by atoms with Crippen LogP contribution in [-0.2, 0) is 33.7 Å². The molecule has 1 aromatic carbocycles. The largest absolute Gasteiger partial charge is 0.451 e. The molecule has 0 unspecified atom stereocenters. The van der Waals surface area contributed by atoms with E-state index in [9.17, 15) is 43.9 Å². The number of furan rings is 1. The maximum Gasteiger partial charge on any atom is 0.451 e. The van der Waals surface area contributed by atoms with E-state index < -0.39 is 87.4 Å². The van der Waals surface area contributed by atoms with E-state index in [1.165, 1.54) is 6.07 Å². The summed E-state index contributed by atoms with van der Waals surface area (Å²) < 4.78 is 141. The summed E-state index contributed by atoms with van der Waals surface area (Å²) >= 11 is 0. The Morgan fingerprint density at radius 3 is 2.36 bits per heavy atom. The average molecular weight is 650 g/mol. The third kappa shape index (κ3) is 6.21. The lowest BCUT2D eigenvalue weighted by Crippen LogP contribution is -2.45. The molecule has 0 radical (unpaired) electrons. The fourth-order valence-corrected chi connectivity index (χ4v) is 6.32. The number of hydrogen-bond acceptors (Lipinski definition) is 7. The van der Waals surface area contributed by atoms with Gasteiger partial charge in [0.05, 0.1) is 11.3 Å². The number of aromatic nitrogens is 3. The summed E-state index contributed by atoms with van der Waals surface area (Å²) in [5.41, 5.74) is -4.50. The van der Waals surface area contributed by atoms with Gasteiger partial charge in [0.2, 0.25) is 16.8 Å². The number of carbonyl (C=O) groups is 1. The molecule has 44 heavy (non-hydrogen) atoms. The molecule has 0 saturated carbocycles. The van der Waals surface area contributed by atoms with Crippen molar-refractivity contribution in [1.82, 2.24) is 24.6 Å². The molecule has 0 aliphatic carbocycles. The highest BCUT2D eigenvalue weighted by molar-refractivity contribution is 7.89. The smallest absolute Gasteiger partial charge is 0.443 e. The summed E-state index contributed by atoms with van der Waals surface area (Å²) in [7, 11) is -4.69. The van der Waals surface area contributed by atoms with E-state index in [1.807, 2.05) is 0 Å². The number of hydrogen-bond donors (Lipinski definition) is 1. The summed E-state index contributed by atoms with van der Waals surface area (Å²) in [6.07, 6.45) is -8.65. The van der Waals surface area contributed by atoms with Gasteiger partial charge in [-0.15, -0.1) is 0 Å². The summed E-state index contributed by atoms with van der Waals surface area (Å²) in [6, 6.07) is 3.34. The SMILES string of the molecule is C[C@@]1(F)C[C@@H](C(=O)NCc2cc(-c3cnc(C(F)(F)F)nc3)ncc2C(F)(F)F)N(S(=O)(=O)c2cc3cc(F)ccc3o2)C1. The van der Waals surface area contributed by atoms with Crippen LogP contribution in [-0.4, -0.2) is 51.8 Å². The molecule has 18 heteroatoms. The Hall–Kier alpha value is -4.19. The van der Waals surface area contributed by atoms with Gasteiger partial charge in [0.15, 0.2) is 0 Å². The Morgan fingerprint density at radius 2 is 1.73 bits per heavy atom. The number of halogens is 8. The van der Waals surface area contributed by atoms with Gasteiger partial charge in [-0.3, -0.25) is 9.78 Å². The van der Waals surface area contributed by atoms with Crippen LogP contribution in [0.1, 0.15) is 30.3 Å². The van der Waals surface area contributed by atoms with Gasteiger partial charge in [-0.25, -0.2) is 27.2 Å². The Labute approximate surface area is 243 Å². The summed E-state index contributed by atoms with van der Waals surface area (Å²) in [6.45, 7) is -0.595. The highest BCUT2D eigenvalue weighted by Crippen LogP contribution is 2.37. The number of sulfonamides is 1. The first kappa shape index (κ1) is 31.2. The minimum Gasteiger partial charge on any atom is -0.443 e. The van der Waals surface area contributed by atoms with Gasteiger partial charge in [0, 0.05) is 55.1 Å². The normalized spacial score (nSPS) is 19.9. The maximum absolute atomic E-state index is 15.1. The second kappa shape index (κ2) is 10.8. The Bertz CT molecular complexity index is 1840. The molecule has 1 fully saturated rings. The van der Waals surface area contributed by atoms with Crippen LogP contribution in [0, 0.1) is 5.82 Å². The van der Waals surface area contributed by atoms with Crippen LogP contribution in [0.2, 0.25) is 0 Å². The van der Waals surface area contributed by atoms with E-state index >= 15 is 4.39 Å². The molecule has 4 aromatic rings. The first-order valence-electron chi connectivity index (χ1n) is 12.5. The lowest BCUT2D eigenvalue weighted by Gasteiger charge is -2.22. The molecule has 1 saturated heterocycles. The van der Waals surface area contributed by atoms with Gasteiger partial charge < -0.3 is 9.73 Å². The molecule has 1 aliphatic rings. The lowest BCUT2D eigenvalue weighted by molar-refractivity contribution is -0.145. The van der Waals surface area contributed by atoms with E-state index in [0.29, 0.717) is 22.9 Å². The van der Waals surface area contributed by atoms with Gasteiger partial charge in [-0.05, 0) is 36.8 Å². The molecule has 3 aromatic heterocycles. The van der Waals surface area contributed by atoms with Crippen LogP contribution < -0.4 is 5.32 Å². The van der Waals surface area contributed by atoms with E-state index in [1.54, 1.807) is 0 Å². The van der Waals surface area contributed by atoms with Crippen LogP contribution in [0.5, 0.6) is 0 Å². The predicted octanol–water partition coefficient (Wildman–Crippen LogP) is 5.27. The van der Waals surface area contributed by atoms with Crippen LogP contribution in [0.3, 0.4) is 0 Å². The fraction of sp³-hybridized carbons (Fsp3) is 0.308. The number of nitrogens with zero attached hydrogens (tertiary/aromatic N) is 4. The number of rotatable bonds is 6. The number of pyridine rings is 1. The second-order valence-corrected chi connectivity index (χ2v) is 12.0. The van der Waals surface area contributed by atoms with Crippen molar-refractivity contribution in [3.63, 3.8) is 0 Å². The zero-order valence-electron chi connectivity index (χ0n) is 22.2. The van der Waals surface area contributed by atoms with Crippen LogP contribution >= 0.6 is 0 Å². The first-order valence-corrected chi connectivity index (χ1v) is 13.9. The zero-order chi connectivity index (χ0) is 32.2. The number of nitrogens with one attached hydrogen (secondary N) is 1. The average Bonchev–Trinajstić information content (AvgIpc) is 3.51. The summed E-state index contributed by atoms with van der Waals surface area (Å²) in [5, 5.41) is 1.57. The minimum absolute atomic E-state index is 0.000184. The molecule has 5 rings (SSSR count). The fourth-order valence-electron chi connectivity index (χ4n) is 4.68. The van der Waals surface area contributed by atoms with Crippen LogP contribution in [0.15, 0.2) is 58.4 Å². The lowest BCUT2D eigenvalue weighted by atomic mass is 10.0. The predicted molar refractivity (Wildman–Crippen MR) is 135 cm³/mol. The molecule has 1 amide bonds. The van der Waals surface area contributed by atoms with Crippen molar-refractivity contribution >= 4 is 26.9 Å². The second-order valence-electron chi connectivity index (χ2n) is 10.2. The highest BCUT2D eigenvalue weighted by atomic mass is 32.2. The highest BCUT2D eigenvalue weighted by Gasteiger charge is 2.51. The monoisotopic (exact) mass is 649 g/mol. The van der Waals surface area contributed by atoms with E-state index in [4.69, 9.17) is 4.42 Å². The van der Waals surface area contributed by atoms with Crippen LogP contribution in [0.4, 0.5) is 35.1 Å². The number of benzene rings is 1. The minimum atomic E-state index is -4.97. The first-order chi connectivity index (χ1) is 20.3. The molecular formula is C26H19F8N5O4S. The molecular weight excluding hydrogens is 630 g/mol. The molecule has 234 valence electrons. The zero-order valence-corrected chi connectivity index (χ0v) is 23.0. The Morgan fingerprint density at radius 1 is 1.05 bits per heavy atom. The third-order valence-corrected chi connectivity index (χ3v) is 8.43. The van der Waals surface area contributed by atoms with Crippen molar-refractivity contribution in [2.75, 3.05) is 6.54 Å². The maximum atomic E-state index is 15.1. The van der Waals surface area contributed by atoms with Crippen LogP contribution in [0.25, 0.3) is 22.2 Å². The molecule has 1 aliphatic heterocycles. The van der Waals surface area contributed by atoms with Crippen molar-refractivity contribution in [3.05, 3.63) is 71.7 Å². The van der Waals surface area contributed by atoms with Gasteiger partial charge in [0.25, 0.3) is 10.0 Å².